The Bertz CT molecular complexity index is 371. The highest BCUT2D eigenvalue weighted by molar-refractivity contribution is 5.03. The van der Waals surface area contributed by atoms with Gasteiger partial charge in [-0.15, -0.1) is 0 Å². The van der Waals surface area contributed by atoms with E-state index in [0.29, 0.717) is 18.1 Å². The lowest BCUT2D eigenvalue weighted by Crippen LogP contribution is -2.45. The van der Waals surface area contributed by atoms with Crippen molar-refractivity contribution < 1.29 is 4.74 Å². The minimum absolute atomic E-state index is 0.298. The van der Waals surface area contributed by atoms with Gasteiger partial charge in [-0.05, 0) is 31.9 Å². The van der Waals surface area contributed by atoms with Crippen molar-refractivity contribution in [1.82, 2.24) is 15.1 Å². The summed E-state index contributed by atoms with van der Waals surface area (Å²) in [5.41, 5.74) is 1.14. The molecule has 0 aliphatic heterocycles. The molecule has 1 fully saturated rings. The zero-order chi connectivity index (χ0) is 13.7. The van der Waals surface area contributed by atoms with Crippen LogP contribution in [0.4, 0.5) is 0 Å². The summed E-state index contributed by atoms with van der Waals surface area (Å²) in [6.07, 6.45) is 9.94. The van der Waals surface area contributed by atoms with Gasteiger partial charge in [0.1, 0.15) is 0 Å². The fourth-order valence-corrected chi connectivity index (χ4v) is 3.33. The standard InChI is InChI=1S/C15H27N3O/c1-16-14(11-13-9-10-18(2)17-13)15(19-3)12-7-5-4-6-8-12/h9-10,12,14-16H,4-8,11H2,1-3H3. The molecular formula is C15H27N3O. The Kier molecular flexibility index (Phi) is 5.40. The Morgan fingerprint density at radius 2 is 2.16 bits per heavy atom. The van der Waals surface area contributed by atoms with Crippen LogP contribution in [-0.2, 0) is 18.2 Å². The first-order valence-electron chi connectivity index (χ1n) is 7.43. The van der Waals surface area contributed by atoms with Gasteiger partial charge in [-0.1, -0.05) is 19.3 Å². The molecule has 1 heterocycles. The van der Waals surface area contributed by atoms with Gasteiger partial charge in [0.25, 0.3) is 0 Å². The van der Waals surface area contributed by atoms with E-state index in [1.54, 1.807) is 0 Å². The topological polar surface area (TPSA) is 39.1 Å². The van der Waals surface area contributed by atoms with E-state index >= 15 is 0 Å². The van der Waals surface area contributed by atoms with Crippen LogP contribution in [0, 0.1) is 5.92 Å². The highest BCUT2D eigenvalue weighted by Crippen LogP contribution is 2.29. The smallest absolute Gasteiger partial charge is 0.0756 e. The number of aryl methyl sites for hydroxylation is 1. The van der Waals surface area contributed by atoms with E-state index in [-0.39, 0.29) is 0 Å². The number of nitrogens with zero attached hydrogens (tertiary/aromatic N) is 2. The van der Waals surface area contributed by atoms with Crippen molar-refractivity contribution >= 4 is 0 Å². The lowest BCUT2D eigenvalue weighted by Gasteiger charge is -2.34. The van der Waals surface area contributed by atoms with Crippen molar-refractivity contribution in [2.75, 3.05) is 14.2 Å². The summed E-state index contributed by atoms with van der Waals surface area (Å²) in [7, 11) is 5.84. The van der Waals surface area contributed by atoms with E-state index in [2.05, 4.69) is 16.5 Å². The molecule has 2 unspecified atom stereocenters. The molecule has 1 N–H and O–H groups in total. The van der Waals surface area contributed by atoms with Gasteiger partial charge in [-0.25, -0.2) is 0 Å². The molecule has 2 rings (SSSR count). The molecule has 19 heavy (non-hydrogen) atoms. The first-order valence-corrected chi connectivity index (χ1v) is 7.43. The first kappa shape index (κ1) is 14.5. The summed E-state index contributed by atoms with van der Waals surface area (Å²) in [6.45, 7) is 0. The predicted molar refractivity (Wildman–Crippen MR) is 77.1 cm³/mol. The monoisotopic (exact) mass is 265 g/mol. The number of aromatic nitrogens is 2. The lowest BCUT2D eigenvalue weighted by atomic mass is 9.81. The molecule has 1 aromatic rings. The summed E-state index contributed by atoms with van der Waals surface area (Å²) in [5, 5.41) is 7.92. The molecule has 1 aromatic heterocycles. The van der Waals surface area contributed by atoms with Crippen LogP contribution in [0.1, 0.15) is 37.8 Å². The lowest BCUT2D eigenvalue weighted by molar-refractivity contribution is 0.00991. The van der Waals surface area contributed by atoms with Crippen LogP contribution in [0.5, 0.6) is 0 Å². The zero-order valence-corrected chi connectivity index (χ0v) is 12.4. The Hall–Kier alpha value is -0.870. The maximum atomic E-state index is 5.82. The molecule has 4 nitrogen and oxygen atoms in total. The van der Waals surface area contributed by atoms with Gasteiger partial charge in [-0.2, -0.15) is 5.10 Å². The molecule has 108 valence electrons. The molecule has 0 bridgehead atoms. The minimum atomic E-state index is 0.298. The Balaban J connectivity index is 2.00. The number of ether oxygens (including phenoxy) is 1. The van der Waals surface area contributed by atoms with Gasteiger partial charge in [0.15, 0.2) is 0 Å². The number of nitrogens with one attached hydrogen (secondary N) is 1. The molecule has 0 amide bonds. The SMILES string of the molecule is CNC(Cc1ccn(C)n1)C(OC)C1CCCCC1. The third-order valence-corrected chi connectivity index (χ3v) is 4.35. The third-order valence-electron chi connectivity index (χ3n) is 4.35. The second kappa shape index (κ2) is 7.06. The van der Waals surface area contributed by atoms with Crippen LogP contribution in [0.3, 0.4) is 0 Å². The summed E-state index contributed by atoms with van der Waals surface area (Å²) in [4.78, 5) is 0. The second-order valence-corrected chi connectivity index (χ2v) is 5.68. The van der Waals surface area contributed by atoms with Gasteiger partial charge in [0.2, 0.25) is 0 Å². The average molecular weight is 265 g/mol. The van der Waals surface area contributed by atoms with E-state index < -0.39 is 0 Å². The number of methoxy groups -OCH3 is 1. The summed E-state index contributed by atoms with van der Waals surface area (Å²) >= 11 is 0. The zero-order valence-electron chi connectivity index (χ0n) is 12.4. The summed E-state index contributed by atoms with van der Waals surface area (Å²) in [6, 6.07) is 2.45. The first-order chi connectivity index (χ1) is 9.24. The fraction of sp³-hybridized carbons (Fsp3) is 0.800. The van der Waals surface area contributed by atoms with E-state index in [9.17, 15) is 0 Å². The van der Waals surface area contributed by atoms with Gasteiger partial charge < -0.3 is 10.1 Å². The molecule has 1 aliphatic carbocycles. The maximum Gasteiger partial charge on any atom is 0.0756 e. The summed E-state index contributed by atoms with van der Waals surface area (Å²) < 4.78 is 7.69. The quantitative estimate of drug-likeness (QED) is 0.856. The predicted octanol–water partition coefficient (Wildman–Crippen LogP) is 2.15. The van der Waals surface area contributed by atoms with Crippen molar-refractivity contribution in [3.8, 4) is 0 Å². The van der Waals surface area contributed by atoms with Gasteiger partial charge in [-0.3, -0.25) is 4.68 Å². The van der Waals surface area contributed by atoms with Crippen LogP contribution < -0.4 is 5.32 Å². The van der Waals surface area contributed by atoms with Crippen LogP contribution in [0.25, 0.3) is 0 Å². The Morgan fingerprint density at radius 3 is 2.68 bits per heavy atom. The average Bonchev–Trinajstić information content (AvgIpc) is 2.85. The number of rotatable bonds is 6. The van der Waals surface area contributed by atoms with Gasteiger partial charge in [0, 0.05) is 32.8 Å². The second-order valence-electron chi connectivity index (χ2n) is 5.68. The maximum absolute atomic E-state index is 5.82. The molecule has 1 saturated carbocycles. The van der Waals surface area contributed by atoms with Crippen LogP contribution in [-0.4, -0.2) is 36.1 Å². The third kappa shape index (κ3) is 3.80. The van der Waals surface area contributed by atoms with E-state index in [1.165, 1.54) is 32.1 Å². The molecule has 1 aliphatic rings. The largest absolute Gasteiger partial charge is 0.380 e. The van der Waals surface area contributed by atoms with Crippen molar-refractivity contribution in [2.24, 2.45) is 13.0 Å². The molecular weight excluding hydrogens is 238 g/mol. The normalized spacial score (nSPS) is 20.4. The van der Waals surface area contributed by atoms with Crippen LogP contribution in [0.2, 0.25) is 0 Å². The Labute approximate surface area is 116 Å². The van der Waals surface area contributed by atoms with E-state index in [0.717, 1.165) is 12.1 Å². The molecule has 2 atom stereocenters. The van der Waals surface area contributed by atoms with Crippen molar-refractivity contribution in [3.63, 3.8) is 0 Å². The van der Waals surface area contributed by atoms with E-state index in [1.807, 2.05) is 32.1 Å². The van der Waals surface area contributed by atoms with Gasteiger partial charge in [0.05, 0.1) is 11.8 Å². The molecule has 0 aromatic carbocycles. The van der Waals surface area contributed by atoms with Crippen LogP contribution >= 0.6 is 0 Å². The van der Waals surface area contributed by atoms with Crippen molar-refractivity contribution in [2.45, 2.75) is 50.7 Å². The Morgan fingerprint density at radius 1 is 1.42 bits per heavy atom. The van der Waals surface area contributed by atoms with Crippen molar-refractivity contribution in [1.29, 1.82) is 0 Å². The van der Waals surface area contributed by atoms with E-state index in [4.69, 9.17) is 4.74 Å². The number of likely N-dealkylation sites (N-methyl/N-ethyl adjacent to an activating group) is 1. The minimum Gasteiger partial charge on any atom is -0.380 e. The molecule has 0 spiro atoms. The van der Waals surface area contributed by atoms with Crippen molar-refractivity contribution in [3.05, 3.63) is 18.0 Å². The molecule has 4 heteroatoms. The highest BCUT2D eigenvalue weighted by Gasteiger charge is 2.30. The molecule has 0 radical (unpaired) electrons. The van der Waals surface area contributed by atoms with Gasteiger partial charge >= 0.3 is 0 Å². The number of hydrogen-bond donors (Lipinski definition) is 1. The fourth-order valence-electron chi connectivity index (χ4n) is 3.33. The number of hydrogen-bond acceptors (Lipinski definition) is 3. The molecule has 0 saturated heterocycles. The van der Waals surface area contributed by atoms with Crippen LogP contribution in [0.15, 0.2) is 12.3 Å². The summed E-state index contributed by atoms with van der Waals surface area (Å²) in [5.74, 6) is 0.694. The highest BCUT2D eigenvalue weighted by atomic mass is 16.5.